The Hall–Kier alpha value is -2.32. The Morgan fingerprint density at radius 3 is 1.43 bits per heavy atom. The molecule has 4 rings (SSSR count). The van der Waals surface area contributed by atoms with Crippen LogP contribution in [0.5, 0.6) is 11.5 Å². The Balaban J connectivity index is 1.46. The Kier molecular flexibility index (Phi) is 6.43. The van der Waals surface area contributed by atoms with Gasteiger partial charge < -0.3 is 19.3 Å². The predicted molar refractivity (Wildman–Crippen MR) is 120 cm³/mol. The van der Waals surface area contributed by atoms with Crippen LogP contribution < -0.4 is 9.47 Å². The van der Waals surface area contributed by atoms with Gasteiger partial charge in [-0.2, -0.15) is 0 Å². The summed E-state index contributed by atoms with van der Waals surface area (Å²) in [5.74, 6) is 2.73. The van der Waals surface area contributed by atoms with Crippen molar-refractivity contribution in [2.24, 2.45) is 0 Å². The molecule has 30 heavy (non-hydrogen) atoms. The molecule has 2 amide bonds. The number of amides is 2. The number of carbonyl (C=O) groups is 2. The van der Waals surface area contributed by atoms with Crippen LogP contribution in [0.1, 0.15) is 21.9 Å². The van der Waals surface area contributed by atoms with Crippen molar-refractivity contribution < 1.29 is 19.1 Å². The van der Waals surface area contributed by atoms with Gasteiger partial charge in [-0.25, -0.2) is 0 Å². The topological polar surface area (TPSA) is 59.1 Å². The zero-order valence-corrected chi connectivity index (χ0v) is 18.6. The molecule has 0 radical (unpaired) electrons. The highest BCUT2D eigenvalue weighted by Gasteiger charge is 2.36. The first kappa shape index (κ1) is 20.9. The molecule has 0 unspecified atom stereocenters. The highest BCUT2D eigenvalue weighted by atomic mass is 32.2. The van der Waals surface area contributed by atoms with Crippen LogP contribution in [-0.2, 0) is 9.59 Å². The van der Waals surface area contributed by atoms with Gasteiger partial charge in [0.2, 0.25) is 11.8 Å². The minimum atomic E-state index is -0.0341. The first-order valence-corrected chi connectivity index (χ1v) is 11.8. The van der Waals surface area contributed by atoms with Gasteiger partial charge in [-0.3, -0.25) is 9.59 Å². The van der Waals surface area contributed by atoms with Crippen LogP contribution in [-0.4, -0.2) is 60.4 Å². The van der Waals surface area contributed by atoms with Gasteiger partial charge in [-0.15, -0.1) is 23.5 Å². The SMILES string of the molecule is COc1ccc([C@H]2SCC(=O)N2CCN2C(=O)CS[C@H]2c2ccc(OC)cc2)cc1. The minimum absolute atomic E-state index is 0.0341. The molecule has 8 heteroatoms. The minimum Gasteiger partial charge on any atom is -0.497 e. The van der Waals surface area contributed by atoms with Crippen molar-refractivity contribution in [2.45, 2.75) is 10.7 Å². The summed E-state index contributed by atoms with van der Waals surface area (Å²) >= 11 is 3.25. The molecule has 2 aliphatic heterocycles. The van der Waals surface area contributed by atoms with E-state index in [1.165, 1.54) is 0 Å². The Bertz CT molecular complexity index is 829. The molecule has 2 aromatic rings. The summed E-state index contributed by atoms with van der Waals surface area (Å²) in [5.41, 5.74) is 2.14. The summed E-state index contributed by atoms with van der Waals surface area (Å²) in [6.07, 6.45) is 0. The summed E-state index contributed by atoms with van der Waals surface area (Å²) < 4.78 is 10.5. The van der Waals surface area contributed by atoms with E-state index in [2.05, 4.69) is 0 Å². The highest BCUT2D eigenvalue weighted by Crippen LogP contribution is 2.41. The van der Waals surface area contributed by atoms with Gasteiger partial charge in [0.1, 0.15) is 22.2 Å². The third kappa shape index (κ3) is 4.25. The average molecular weight is 445 g/mol. The number of nitrogens with zero attached hydrogens (tertiary/aromatic N) is 2. The maximum Gasteiger partial charge on any atom is 0.233 e. The summed E-state index contributed by atoms with van der Waals surface area (Å²) in [4.78, 5) is 28.9. The fraction of sp³-hybridized carbons (Fsp3) is 0.364. The molecule has 2 fully saturated rings. The highest BCUT2D eigenvalue weighted by molar-refractivity contribution is 8.00. The number of hydrogen-bond acceptors (Lipinski definition) is 6. The Labute approximate surface area is 184 Å². The third-order valence-corrected chi connectivity index (χ3v) is 7.83. The molecule has 6 nitrogen and oxygen atoms in total. The lowest BCUT2D eigenvalue weighted by Crippen LogP contribution is -2.39. The van der Waals surface area contributed by atoms with E-state index in [4.69, 9.17) is 9.47 Å². The monoisotopic (exact) mass is 444 g/mol. The fourth-order valence-electron chi connectivity index (χ4n) is 3.70. The van der Waals surface area contributed by atoms with E-state index in [-0.39, 0.29) is 22.6 Å². The van der Waals surface area contributed by atoms with Crippen molar-refractivity contribution in [3.63, 3.8) is 0 Å². The van der Waals surface area contributed by atoms with Gasteiger partial charge in [-0.05, 0) is 35.4 Å². The smallest absolute Gasteiger partial charge is 0.233 e. The molecular weight excluding hydrogens is 420 g/mol. The van der Waals surface area contributed by atoms with Gasteiger partial charge in [0.25, 0.3) is 0 Å². The molecule has 0 N–H and O–H groups in total. The lowest BCUT2D eigenvalue weighted by molar-refractivity contribution is -0.132. The first-order chi connectivity index (χ1) is 14.6. The molecule has 2 aromatic carbocycles. The van der Waals surface area contributed by atoms with Gasteiger partial charge in [0, 0.05) is 13.1 Å². The van der Waals surface area contributed by atoms with Crippen LogP contribution in [0.4, 0.5) is 0 Å². The van der Waals surface area contributed by atoms with Gasteiger partial charge in [-0.1, -0.05) is 24.3 Å². The number of thioether (sulfide) groups is 2. The van der Waals surface area contributed by atoms with Gasteiger partial charge in [0.05, 0.1) is 25.7 Å². The third-order valence-electron chi connectivity index (χ3n) is 5.32. The van der Waals surface area contributed by atoms with Crippen LogP contribution >= 0.6 is 23.5 Å². The summed E-state index contributed by atoms with van der Waals surface area (Å²) in [6, 6.07) is 15.7. The van der Waals surface area contributed by atoms with Crippen LogP contribution in [0.25, 0.3) is 0 Å². The number of hydrogen-bond donors (Lipinski definition) is 0. The predicted octanol–water partition coefficient (Wildman–Crippen LogP) is 3.55. The molecule has 0 bridgehead atoms. The largest absolute Gasteiger partial charge is 0.497 e. The van der Waals surface area contributed by atoms with E-state index < -0.39 is 0 Å². The van der Waals surface area contributed by atoms with Crippen molar-refractivity contribution in [1.82, 2.24) is 9.80 Å². The Morgan fingerprint density at radius 1 is 0.733 bits per heavy atom. The van der Waals surface area contributed by atoms with Crippen LogP contribution in [0, 0.1) is 0 Å². The summed E-state index contributed by atoms with van der Waals surface area (Å²) in [6.45, 7) is 1.03. The van der Waals surface area contributed by atoms with Crippen LogP contribution in [0.2, 0.25) is 0 Å². The fourth-order valence-corrected chi connectivity index (χ4v) is 6.13. The molecule has 0 saturated carbocycles. The number of carbonyl (C=O) groups excluding carboxylic acids is 2. The quantitative estimate of drug-likeness (QED) is 0.651. The lowest BCUT2D eigenvalue weighted by atomic mass is 10.2. The van der Waals surface area contributed by atoms with Crippen LogP contribution in [0.15, 0.2) is 48.5 Å². The zero-order chi connectivity index (χ0) is 21.1. The molecule has 2 atom stereocenters. The van der Waals surface area contributed by atoms with E-state index >= 15 is 0 Å². The standard InChI is InChI=1S/C22H24N2O4S2/c1-27-17-7-3-15(4-8-17)21-23(19(25)13-29-21)11-12-24-20(26)14-30-22(24)16-5-9-18(28-2)10-6-16/h3-10,21-22H,11-14H2,1-2H3/t21-,22+. The zero-order valence-electron chi connectivity index (χ0n) is 16.9. The van der Waals surface area contributed by atoms with Crippen molar-refractivity contribution >= 4 is 35.3 Å². The second-order valence-corrected chi connectivity index (χ2v) is 9.18. The van der Waals surface area contributed by atoms with Gasteiger partial charge >= 0.3 is 0 Å². The van der Waals surface area contributed by atoms with E-state index in [1.807, 2.05) is 58.3 Å². The molecule has 158 valence electrons. The maximum absolute atomic E-state index is 12.5. The van der Waals surface area contributed by atoms with Crippen molar-refractivity contribution in [3.05, 3.63) is 59.7 Å². The average Bonchev–Trinajstić information content (AvgIpc) is 3.34. The number of methoxy groups -OCH3 is 2. The number of benzene rings is 2. The molecule has 2 saturated heterocycles. The molecule has 2 aliphatic rings. The number of ether oxygens (including phenoxy) is 2. The Morgan fingerprint density at radius 2 is 1.10 bits per heavy atom. The number of rotatable bonds is 7. The normalized spacial score (nSPS) is 21.4. The van der Waals surface area contributed by atoms with E-state index in [0.717, 1.165) is 22.6 Å². The second kappa shape index (κ2) is 9.22. The van der Waals surface area contributed by atoms with Crippen molar-refractivity contribution in [3.8, 4) is 11.5 Å². The molecule has 0 aromatic heterocycles. The van der Waals surface area contributed by atoms with Gasteiger partial charge in [0.15, 0.2) is 0 Å². The summed E-state index contributed by atoms with van der Waals surface area (Å²) in [5, 5.41) is -0.0681. The lowest BCUT2D eigenvalue weighted by Gasteiger charge is -2.29. The first-order valence-electron chi connectivity index (χ1n) is 9.71. The van der Waals surface area contributed by atoms with Crippen LogP contribution in [0.3, 0.4) is 0 Å². The molecule has 2 heterocycles. The second-order valence-electron chi connectivity index (χ2n) is 7.05. The van der Waals surface area contributed by atoms with Crippen molar-refractivity contribution in [1.29, 1.82) is 0 Å². The van der Waals surface area contributed by atoms with E-state index in [1.54, 1.807) is 37.7 Å². The maximum atomic E-state index is 12.5. The molecule has 0 spiro atoms. The molecule has 0 aliphatic carbocycles. The van der Waals surface area contributed by atoms with E-state index in [9.17, 15) is 9.59 Å². The molecular formula is C22H24N2O4S2. The summed E-state index contributed by atoms with van der Waals surface area (Å²) in [7, 11) is 3.28. The van der Waals surface area contributed by atoms with E-state index in [0.29, 0.717) is 24.6 Å². The van der Waals surface area contributed by atoms with Crippen molar-refractivity contribution in [2.75, 3.05) is 38.8 Å².